The van der Waals surface area contributed by atoms with Gasteiger partial charge in [0.25, 0.3) is 0 Å². The number of nitrogens with zero attached hydrogens (tertiary/aromatic N) is 1. The van der Waals surface area contributed by atoms with E-state index < -0.39 is 0 Å². The molecule has 1 N–H and O–H groups in total. The first-order valence-electron chi connectivity index (χ1n) is 5.86. The summed E-state index contributed by atoms with van der Waals surface area (Å²) in [5.74, 6) is 1.30. The fraction of sp³-hybridized carbons (Fsp3) is 0.462. The molecule has 1 amide bonds. The lowest BCUT2D eigenvalue weighted by Crippen LogP contribution is -2.31. The molecule has 1 aromatic carbocycles. The zero-order chi connectivity index (χ0) is 13.3. The molecule has 0 fully saturated rings. The maximum absolute atomic E-state index is 12.1. The van der Waals surface area contributed by atoms with Gasteiger partial charge in [0.15, 0.2) is 11.5 Å². The van der Waals surface area contributed by atoms with Crippen LogP contribution in [-0.2, 0) is 4.79 Å². The minimum Gasteiger partial charge on any atom is -0.493 e. The number of amides is 1. The zero-order valence-corrected chi connectivity index (χ0v) is 11.1. The smallest absolute Gasteiger partial charge is 0.231 e. The Labute approximate surface area is 107 Å². The van der Waals surface area contributed by atoms with Crippen molar-refractivity contribution >= 4 is 17.3 Å². The van der Waals surface area contributed by atoms with E-state index in [0.717, 1.165) is 11.4 Å². The Kier molecular flexibility index (Phi) is 3.32. The summed E-state index contributed by atoms with van der Waals surface area (Å²) in [5, 5.41) is 3.26. The van der Waals surface area contributed by atoms with Gasteiger partial charge >= 0.3 is 0 Å². The van der Waals surface area contributed by atoms with E-state index in [2.05, 4.69) is 5.32 Å². The predicted molar refractivity (Wildman–Crippen MR) is 70.6 cm³/mol. The summed E-state index contributed by atoms with van der Waals surface area (Å²) in [4.78, 5) is 13.7. The van der Waals surface area contributed by atoms with Crippen LogP contribution in [0, 0.1) is 5.92 Å². The molecule has 5 nitrogen and oxygen atoms in total. The lowest BCUT2D eigenvalue weighted by atomic mass is 10.1. The summed E-state index contributed by atoms with van der Waals surface area (Å²) in [5.41, 5.74) is 1.69. The Hall–Kier alpha value is -1.91. The quantitative estimate of drug-likeness (QED) is 0.868. The molecular formula is C13H18N2O3. The van der Waals surface area contributed by atoms with Crippen molar-refractivity contribution in [2.24, 2.45) is 5.92 Å². The van der Waals surface area contributed by atoms with E-state index in [1.807, 2.05) is 19.1 Å². The number of methoxy groups -OCH3 is 2. The molecule has 0 saturated heterocycles. The third-order valence-electron chi connectivity index (χ3n) is 3.21. The average molecular weight is 250 g/mol. The first-order valence-corrected chi connectivity index (χ1v) is 5.86. The van der Waals surface area contributed by atoms with Crippen LogP contribution in [0.15, 0.2) is 12.1 Å². The second kappa shape index (κ2) is 4.76. The average Bonchev–Trinajstić information content (AvgIpc) is 2.50. The van der Waals surface area contributed by atoms with Crippen LogP contribution in [0.5, 0.6) is 11.5 Å². The molecule has 1 aliphatic heterocycles. The lowest BCUT2D eigenvalue weighted by molar-refractivity contribution is -0.121. The third-order valence-corrected chi connectivity index (χ3v) is 3.21. The van der Waals surface area contributed by atoms with Crippen LogP contribution in [0.25, 0.3) is 0 Å². The molecule has 1 aromatic rings. The van der Waals surface area contributed by atoms with Crippen LogP contribution in [0.4, 0.5) is 11.4 Å². The summed E-state index contributed by atoms with van der Waals surface area (Å²) in [6.07, 6.45) is 0. The molecule has 18 heavy (non-hydrogen) atoms. The number of ether oxygens (including phenoxy) is 2. The summed E-state index contributed by atoms with van der Waals surface area (Å²) >= 11 is 0. The van der Waals surface area contributed by atoms with Crippen LogP contribution in [0.2, 0.25) is 0 Å². The second-order valence-corrected chi connectivity index (χ2v) is 4.40. The number of hydrogen-bond acceptors (Lipinski definition) is 4. The summed E-state index contributed by atoms with van der Waals surface area (Å²) < 4.78 is 10.5. The van der Waals surface area contributed by atoms with Gasteiger partial charge in [0.1, 0.15) is 0 Å². The van der Waals surface area contributed by atoms with Crippen LogP contribution >= 0.6 is 0 Å². The lowest BCUT2D eigenvalue weighted by Gasteiger charge is -2.20. The molecule has 0 saturated carbocycles. The number of nitrogens with one attached hydrogen (secondary N) is 1. The first-order chi connectivity index (χ1) is 8.58. The van der Waals surface area contributed by atoms with E-state index in [1.54, 1.807) is 26.2 Å². The Balaban J connectivity index is 2.52. The van der Waals surface area contributed by atoms with E-state index in [4.69, 9.17) is 9.47 Å². The SMILES string of the molecule is COc1cc2c(cc1OC)N(C)C(=O)C(C)CN2. The van der Waals surface area contributed by atoms with Gasteiger partial charge in [-0.2, -0.15) is 0 Å². The molecule has 1 atom stereocenters. The molecule has 1 heterocycles. The largest absolute Gasteiger partial charge is 0.493 e. The first kappa shape index (κ1) is 12.5. The van der Waals surface area contributed by atoms with Crippen LogP contribution in [0.3, 0.4) is 0 Å². The number of carbonyl (C=O) groups is 1. The number of hydrogen-bond donors (Lipinski definition) is 1. The highest BCUT2D eigenvalue weighted by atomic mass is 16.5. The second-order valence-electron chi connectivity index (χ2n) is 4.40. The molecule has 0 aliphatic carbocycles. The molecule has 5 heteroatoms. The molecule has 0 radical (unpaired) electrons. The zero-order valence-electron chi connectivity index (χ0n) is 11.1. The van der Waals surface area contributed by atoms with Crippen LogP contribution < -0.4 is 19.7 Å². The van der Waals surface area contributed by atoms with Gasteiger partial charge in [0, 0.05) is 25.7 Å². The van der Waals surface area contributed by atoms with E-state index in [-0.39, 0.29) is 11.8 Å². The van der Waals surface area contributed by atoms with Crippen molar-refractivity contribution in [3.05, 3.63) is 12.1 Å². The molecule has 1 unspecified atom stereocenters. The summed E-state index contributed by atoms with van der Waals surface area (Å²) in [7, 11) is 4.95. The molecule has 0 spiro atoms. The monoisotopic (exact) mass is 250 g/mol. The van der Waals surface area contributed by atoms with E-state index >= 15 is 0 Å². The fourth-order valence-electron chi connectivity index (χ4n) is 2.09. The minimum atomic E-state index is -0.0561. The van der Waals surface area contributed by atoms with Crippen molar-refractivity contribution in [1.29, 1.82) is 0 Å². The maximum Gasteiger partial charge on any atom is 0.231 e. The van der Waals surface area contributed by atoms with Crippen molar-refractivity contribution in [3.8, 4) is 11.5 Å². The molecule has 2 rings (SSSR count). The van der Waals surface area contributed by atoms with Crippen molar-refractivity contribution in [3.63, 3.8) is 0 Å². The van der Waals surface area contributed by atoms with Crippen molar-refractivity contribution in [2.75, 3.05) is 38.0 Å². The molecule has 0 bridgehead atoms. The number of benzene rings is 1. The predicted octanol–water partition coefficient (Wildman–Crippen LogP) is 1.73. The summed E-state index contributed by atoms with van der Waals surface area (Å²) in [6.45, 7) is 2.53. The highest BCUT2D eigenvalue weighted by molar-refractivity contribution is 5.99. The highest BCUT2D eigenvalue weighted by Gasteiger charge is 2.26. The van der Waals surface area contributed by atoms with Crippen molar-refractivity contribution < 1.29 is 14.3 Å². The Morgan fingerprint density at radius 3 is 2.50 bits per heavy atom. The van der Waals surface area contributed by atoms with E-state index in [1.165, 1.54) is 0 Å². The molecule has 98 valence electrons. The van der Waals surface area contributed by atoms with E-state index in [9.17, 15) is 4.79 Å². The number of carbonyl (C=O) groups excluding carboxylic acids is 1. The van der Waals surface area contributed by atoms with Gasteiger partial charge in [-0.05, 0) is 0 Å². The number of rotatable bonds is 2. The molecule has 1 aliphatic rings. The normalized spacial score (nSPS) is 18.8. The standard InChI is InChI=1S/C13H18N2O3/c1-8-7-14-9-5-11(17-3)12(18-4)6-10(9)15(2)13(8)16/h5-6,8,14H,7H2,1-4H3. The topological polar surface area (TPSA) is 50.8 Å². The van der Waals surface area contributed by atoms with Gasteiger partial charge in [-0.25, -0.2) is 0 Å². The fourth-order valence-corrected chi connectivity index (χ4v) is 2.09. The Morgan fingerprint density at radius 1 is 1.28 bits per heavy atom. The van der Waals surface area contributed by atoms with Crippen LogP contribution in [0.1, 0.15) is 6.92 Å². The minimum absolute atomic E-state index is 0.0561. The molecule has 0 aromatic heterocycles. The maximum atomic E-state index is 12.1. The Morgan fingerprint density at radius 2 is 1.89 bits per heavy atom. The van der Waals surface area contributed by atoms with Gasteiger partial charge in [0.2, 0.25) is 5.91 Å². The van der Waals surface area contributed by atoms with Gasteiger partial charge < -0.3 is 19.7 Å². The number of fused-ring (bicyclic) bond motifs is 1. The Bertz CT molecular complexity index is 474. The van der Waals surface area contributed by atoms with Gasteiger partial charge in [-0.1, -0.05) is 6.92 Å². The van der Waals surface area contributed by atoms with Crippen molar-refractivity contribution in [1.82, 2.24) is 0 Å². The third kappa shape index (κ3) is 1.96. The van der Waals surface area contributed by atoms with Gasteiger partial charge in [0.05, 0.1) is 31.5 Å². The van der Waals surface area contributed by atoms with Crippen molar-refractivity contribution in [2.45, 2.75) is 6.92 Å². The van der Waals surface area contributed by atoms with E-state index in [0.29, 0.717) is 18.0 Å². The van der Waals surface area contributed by atoms with Gasteiger partial charge in [-0.3, -0.25) is 4.79 Å². The van der Waals surface area contributed by atoms with Gasteiger partial charge in [-0.15, -0.1) is 0 Å². The van der Waals surface area contributed by atoms with Crippen LogP contribution in [-0.4, -0.2) is 33.7 Å². The highest BCUT2D eigenvalue weighted by Crippen LogP contribution is 2.39. The number of anilines is 2. The molecular weight excluding hydrogens is 232 g/mol. The summed E-state index contributed by atoms with van der Waals surface area (Å²) in [6, 6.07) is 3.67.